The molecule has 1 amide bonds. The van der Waals surface area contributed by atoms with Crippen molar-refractivity contribution in [2.45, 2.75) is 57.5 Å². The Balaban J connectivity index is 1.82. The number of carbonyl (C=O) groups excluding carboxylic acids is 1. The van der Waals surface area contributed by atoms with E-state index in [0.29, 0.717) is 29.5 Å². The number of nitrogens with one attached hydrogen (secondary N) is 1. The summed E-state index contributed by atoms with van der Waals surface area (Å²) < 4.78 is 31.4. The van der Waals surface area contributed by atoms with Crippen molar-refractivity contribution in [3.05, 3.63) is 63.4 Å². The first-order valence-electron chi connectivity index (χ1n) is 10.7. The lowest BCUT2D eigenvalue weighted by molar-refractivity contribution is 0.0415. The van der Waals surface area contributed by atoms with Crippen molar-refractivity contribution in [1.82, 2.24) is 5.32 Å². The van der Waals surface area contributed by atoms with Gasteiger partial charge in [0.1, 0.15) is 29.9 Å². The zero-order chi connectivity index (χ0) is 24.2. The third kappa shape index (κ3) is 7.21. The second-order valence-electron chi connectivity index (χ2n) is 8.87. The third-order valence-corrected chi connectivity index (χ3v) is 5.78. The molecule has 0 bridgehead atoms. The first kappa shape index (κ1) is 25.6. The molecule has 3 rings (SSSR count). The maximum atomic E-state index is 15.0. The number of amides is 1. The Labute approximate surface area is 202 Å². The summed E-state index contributed by atoms with van der Waals surface area (Å²) in [6.07, 6.45) is -0.332. The third-order valence-electron chi connectivity index (χ3n) is 5.04. The number of benzene rings is 2. The maximum absolute atomic E-state index is 15.0. The van der Waals surface area contributed by atoms with Crippen LogP contribution < -0.4 is 10.1 Å². The van der Waals surface area contributed by atoms with Gasteiger partial charge in [0.05, 0.1) is 22.2 Å². The number of hydrogen-bond donors (Lipinski definition) is 2. The molecule has 1 aliphatic rings. The molecule has 3 atom stereocenters. The molecule has 6 nitrogen and oxygen atoms in total. The second-order valence-corrected chi connectivity index (χ2v) is 9.69. The summed E-state index contributed by atoms with van der Waals surface area (Å²) in [7, 11) is 0. The monoisotopic (exact) mass is 499 g/mol. The molecule has 1 heterocycles. The fourth-order valence-corrected chi connectivity index (χ4v) is 3.77. The second kappa shape index (κ2) is 10.9. The van der Waals surface area contributed by atoms with Crippen LogP contribution in [-0.4, -0.2) is 36.1 Å². The molecule has 2 aromatic carbocycles. The number of aliphatic hydroxyl groups is 1. The Morgan fingerprint density at radius 1 is 1.24 bits per heavy atom. The van der Waals surface area contributed by atoms with Gasteiger partial charge in [-0.25, -0.2) is 9.18 Å². The molecule has 180 valence electrons. The van der Waals surface area contributed by atoms with E-state index in [0.717, 1.165) is 12.8 Å². The van der Waals surface area contributed by atoms with Gasteiger partial charge in [-0.2, -0.15) is 0 Å². The van der Waals surface area contributed by atoms with E-state index in [-0.39, 0.29) is 16.7 Å². The van der Waals surface area contributed by atoms with Crippen molar-refractivity contribution >= 4 is 29.3 Å². The van der Waals surface area contributed by atoms with Gasteiger partial charge in [0, 0.05) is 18.2 Å². The highest BCUT2D eigenvalue weighted by Crippen LogP contribution is 2.35. The first-order chi connectivity index (χ1) is 15.5. The maximum Gasteiger partial charge on any atom is 0.408 e. The van der Waals surface area contributed by atoms with E-state index in [4.69, 9.17) is 37.4 Å². The highest BCUT2D eigenvalue weighted by molar-refractivity contribution is 6.42. The molecule has 1 saturated heterocycles. The highest BCUT2D eigenvalue weighted by atomic mass is 35.5. The Morgan fingerprint density at radius 2 is 2.00 bits per heavy atom. The minimum Gasteiger partial charge on any atom is -0.491 e. The largest absolute Gasteiger partial charge is 0.491 e. The van der Waals surface area contributed by atoms with Crippen LogP contribution >= 0.6 is 23.2 Å². The number of alkyl carbamates (subject to hydrolysis) is 1. The van der Waals surface area contributed by atoms with E-state index in [9.17, 15) is 14.3 Å². The Morgan fingerprint density at radius 3 is 2.61 bits per heavy atom. The molecular weight excluding hydrogens is 472 g/mol. The first-order valence-corrected chi connectivity index (χ1v) is 11.5. The van der Waals surface area contributed by atoms with Gasteiger partial charge in [0.15, 0.2) is 0 Å². The van der Waals surface area contributed by atoms with Crippen molar-refractivity contribution in [1.29, 1.82) is 0 Å². The molecule has 1 aliphatic heterocycles. The van der Waals surface area contributed by atoms with E-state index >= 15 is 0 Å². The van der Waals surface area contributed by atoms with Crippen LogP contribution in [-0.2, 0) is 9.47 Å². The molecule has 0 radical (unpaired) electrons. The standard InChI is InChI=1S/C24H28Cl2FNO5/c1-24(2,3)33-23(30)28-21(14-6-9-18(25)19(26)11-14)22(29)17-8-7-15(12-20(17)27)32-13-16-5-4-10-31-16/h6-9,11-12,16,21-22,29H,4-5,10,13H2,1-3H3,(H,28,30). The lowest BCUT2D eigenvalue weighted by Crippen LogP contribution is -2.37. The van der Waals surface area contributed by atoms with Gasteiger partial charge in [-0.05, 0) is 63.4 Å². The molecule has 3 unspecified atom stereocenters. The van der Waals surface area contributed by atoms with Gasteiger partial charge in [0.25, 0.3) is 0 Å². The Bertz CT molecular complexity index is 976. The zero-order valence-corrected chi connectivity index (χ0v) is 20.3. The molecule has 9 heteroatoms. The summed E-state index contributed by atoms with van der Waals surface area (Å²) in [5.41, 5.74) is -0.350. The molecule has 0 aliphatic carbocycles. The average molecular weight is 500 g/mol. The van der Waals surface area contributed by atoms with Gasteiger partial charge in [-0.1, -0.05) is 29.3 Å². The quantitative estimate of drug-likeness (QED) is 0.489. The van der Waals surface area contributed by atoms with E-state index < -0.39 is 29.7 Å². The summed E-state index contributed by atoms with van der Waals surface area (Å²) in [5, 5.41) is 14.2. The van der Waals surface area contributed by atoms with Crippen LogP contribution in [0.2, 0.25) is 10.0 Å². The molecule has 2 N–H and O–H groups in total. The molecule has 33 heavy (non-hydrogen) atoms. The number of hydrogen-bond acceptors (Lipinski definition) is 5. The normalized spacial score (nSPS) is 18.0. The van der Waals surface area contributed by atoms with E-state index in [1.165, 1.54) is 24.3 Å². The lowest BCUT2D eigenvalue weighted by atomic mass is 9.95. The van der Waals surface area contributed by atoms with Gasteiger partial charge in [-0.3, -0.25) is 0 Å². The molecule has 2 aromatic rings. The van der Waals surface area contributed by atoms with Crippen molar-refractivity contribution in [2.75, 3.05) is 13.2 Å². The summed E-state index contributed by atoms with van der Waals surface area (Å²) >= 11 is 12.1. The minimum atomic E-state index is -1.44. The van der Waals surface area contributed by atoms with Crippen molar-refractivity contribution in [3.63, 3.8) is 0 Å². The fourth-order valence-electron chi connectivity index (χ4n) is 3.47. The Hall–Kier alpha value is -2.06. The van der Waals surface area contributed by atoms with Crippen LogP contribution in [0.5, 0.6) is 5.75 Å². The number of aliphatic hydroxyl groups excluding tert-OH is 1. The molecule has 0 aromatic heterocycles. The zero-order valence-electron chi connectivity index (χ0n) is 18.7. The molecule has 0 saturated carbocycles. The van der Waals surface area contributed by atoms with Crippen LogP contribution in [0.3, 0.4) is 0 Å². The highest BCUT2D eigenvalue weighted by Gasteiger charge is 2.29. The fraction of sp³-hybridized carbons (Fsp3) is 0.458. The smallest absolute Gasteiger partial charge is 0.408 e. The number of carbonyl (C=O) groups is 1. The predicted octanol–water partition coefficient (Wildman–Crippen LogP) is 5.99. The van der Waals surface area contributed by atoms with Gasteiger partial charge in [0.2, 0.25) is 0 Å². The molecule has 0 spiro atoms. The topological polar surface area (TPSA) is 77.0 Å². The summed E-state index contributed by atoms with van der Waals surface area (Å²) in [6.45, 7) is 6.17. The van der Waals surface area contributed by atoms with Crippen LogP contribution in [0.15, 0.2) is 36.4 Å². The van der Waals surface area contributed by atoms with Crippen LogP contribution in [0.25, 0.3) is 0 Å². The molecule has 1 fully saturated rings. The average Bonchev–Trinajstić information content (AvgIpc) is 3.25. The van der Waals surface area contributed by atoms with E-state index in [1.807, 2.05) is 0 Å². The summed E-state index contributed by atoms with van der Waals surface area (Å²) in [6, 6.07) is 7.77. The number of ether oxygens (including phenoxy) is 3. The number of rotatable bonds is 7. The number of halogens is 3. The Kier molecular flexibility index (Phi) is 8.45. The SMILES string of the molecule is CC(C)(C)OC(=O)NC(c1ccc(Cl)c(Cl)c1)C(O)c1ccc(OCC2CCCO2)cc1F. The molecular formula is C24H28Cl2FNO5. The summed E-state index contributed by atoms with van der Waals surface area (Å²) in [5.74, 6) is -0.353. The van der Waals surface area contributed by atoms with Crippen molar-refractivity contribution < 1.29 is 28.5 Å². The van der Waals surface area contributed by atoms with Crippen molar-refractivity contribution in [3.8, 4) is 5.75 Å². The van der Waals surface area contributed by atoms with E-state index in [2.05, 4.69) is 5.32 Å². The van der Waals surface area contributed by atoms with Gasteiger partial charge >= 0.3 is 6.09 Å². The minimum absolute atomic E-state index is 0.00427. The predicted molar refractivity (Wildman–Crippen MR) is 124 cm³/mol. The van der Waals surface area contributed by atoms with Crippen LogP contribution in [0.1, 0.15) is 56.9 Å². The van der Waals surface area contributed by atoms with Crippen LogP contribution in [0, 0.1) is 5.82 Å². The van der Waals surface area contributed by atoms with Gasteiger partial charge in [-0.15, -0.1) is 0 Å². The van der Waals surface area contributed by atoms with Gasteiger partial charge < -0.3 is 24.6 Å². The van der Waals surface area contributed by atoms with Crippen LogP contribution in [0.4, 0.5) is 9.18 Å². The lowest BCUT2D eigenvalue weighted by Gasteiger charge is -2.28. The van der Waals surface area contributed by atoms with Crippen molar-refractivity contribution in [2.24, 2.45) is 0 Å². The summed E-state index contributed by atoms with van der Waals surface area (Å²) in [4.78, 5) is 12.5. The van der Waals surface area contributed by atoms with E-state index in [1.54, 1.807) is 32.9 Å².